The number of nitrogens with zero attached hydrogens (tertiary/aromatic N) is 3. The quantitative estimate of drug-likeness (QED) is 0.510. The Balaban J connectivity index is 1.89. The Morgan fingerprint density at radius 3 is 2.52 bits per heavy atom. The molecule has 7 nitrogen and oxygen atoms in total. The molecule has 0 spiro atoms. The van der Waals surface area contributed by atoms with Gasteiger partial charge in [0.15, 0.2) is 0 Å². The number of rotatable bonds is 3. The summed E-state index contributed by atoms with van der Waals surface area (Å²) in [5, 5.41) is 10.1. The van der Waals surface area contributed by atoms with Crippen molar-refractivity contribution in [2.24, 2.45) is 5.92 Å². The molecule has 0 aliphatic carbocycles. The highest BCUT2D eigenvalue weighted by Crippen LogP contribution is 2.43. The molecule has 0 fully saturated rings. The first-order valence-corrected chi connectivity index (χ1v) is 12.4. The molecule has 0 N–H and O–H groups in total. The lowest BCUT2D eigenvalue weighted by Crippen LogP contribution is -2.49. The van der Waals surface area contributed by atoms with Crippen LogP contribution in [0.3, 0.4) is 0 Å². The van der Waals surface area contributed by atoms with E-state index >= 15 is 0 Å². The fourth-order valence-electron chi connectivity index (χ4n) is 3.33. The van der Waals surface area contributed by atoms with E-state index in [9.17, 15) is 9.59 Å². The maximum Gasteiger partial charge on any atom is 0.336 e. The van der Waals surface area contributed by atoms with Crippen molar-refractivity contribution in [3.63, 3.8) is 0 Å². The largest absolute Gasteiger partial charge is 0.457 e. The molecule has 1 unspecified atom stereocenters. The molecule has 4 rings (SSSR count). The number of benzene rings is 1. The Kier molecular flexibility index (Phi) is 3.68. The molecule has 0 amide bonds. The molecule has 140 valence electrons. The van der Waals surface area contributed by atoms with E-state index in [1.54, 1.807) is 22.9 Å². The number of carbonyl (C=O) groups is 1. The van der Waals surface area contributed by atoms with Crippen molar-refractivity contribution in [1.29, 1.82) is 0 Å². The summed E-state index contributed by atoms with van der Waals surface area (Å²) < 4.78 is 13.0. The van der Waals surface area contributed by atoms with E-state index in [1.165, 1.54) is 6.07 Å². The van der Waals surface area contributed by atoms with Crippen molar-refractivity contribution in [1.82, 2.24) is 15.0 Å². The van der Waals surface area contributed by atoms with Gasteiger partial charge in [0.2, 0.25) is 5.78 Å². The van der Waals surface area contributed by atoms with Crippen LogP contribution in [0.15, 0.2) is 39.7 Å². The number of ether oxygens (including phenoxy) is 1. The summed E-state index contributed by atoms with van der Waals surface area (Å²) in [5.74, 6) is 0.0249. The second-order valence-electron chi connectivity index (χ2n) is 8.22. The van der Waals surface area contributed by atoms with Crippen LogP contribution in [0.5, 0.6) is 5.75 Å². The summed E-state index contributed by atoms with van der Waals surface area (Å²) >= 11 is 0. The van der Waals surface area contributed by atoms with Crippen LogP contribution >= 0.6 is 0 Å². The van der Waals surface area contributed by atoms with Crippen LogP contribution in [-0.2, 0) is 5.72 Å². The first-order chi connectivity index (χ1) is 12.6. The standard InChI is InChI=1S/C19H21N3O4Si/c1-11(2)19(22-10-16(20-21-22)27(3,4)5)18(24)13-8-12-6-7-17(23)25-14(12)9-15(13)26-19/h6-11H,1-5H3. The van der Waals surface area contributed by atoms with Crippen LogP contribution in [0, 0.1) is 5.92 Å². The molecule has 0 bridgehead atoms. The third-order valence-electron chi connectivity index (χ3n) is 4.94. The van der Waals surface area contributed by atoms with Gasteiger partial charge in [-0.05, 0) is 12.1 Å². The molecule has 1 aliphatic heterocycles. The number of carbonyl (C=O) groups excluding carboxylic acids is 1. The van der Waals surface area contributed by atoms with Crippen molar-refractivity contribution in [3.8, 4) is 5.75 Å². The van der Waals surface area contributed by atoms with Crippen LogP contribution in [0.2, 0.25) is 19.6 Å². The molecule has 8 heteroatoms. The van der Waals surface area contributed by atoms with E-state index in [1.807, 2.05) is 20.0 Å². The Morgan fingerprint density at radius 1 is 1.15 bits per heavy atom. The molecule has 0 saturated heterocycles. The molecule has 3 heterocycles. The molecular formula is C19H21N3O4Si. The predicted molar refractivity (Wildman–Crippen MR) is 103 cm³/mol. The highest BCUT2D eigenvalue weighted by Gasteiger charge is 2.53. The van der Waals surface area contributed by atoms with Crippen molar-refractivity contribution >= 4 is 30.1 Å². The zero-order chi connectivity index (χ0) is 19.6. The molecule has 1 aliphatic rings. The Morgan fingerprint density at radius 2 is 1.89 bits per heavy atom. The van der Waals surface area contributed by atoms with Crippen molar-refractivity contribution in [2.45, 2.75) is 39.2 Å². The van der Waals surface area contributed by atoms with Gasteiger partial charge < -0.3 is 9.15 Å². The maximum atomic E-state index is 13.4. The summed E-state index contributed by atoms with van der Waals surface area (Å²) in [6.07, 6.45) is 1.83. The molecule has 0 radical (unpaired) electrons. The molecule has 3 aromatic rings. The minimum Gasteiger partial charge on any atom is -0.457 e. The van der Waals surface area contributed by atoms with Gasteiger partial charge in [-0.1, -0.05) is 38.7 Å². The van der Waals surface area contributed by atoms with Crippen molar-refractivity contribution < 1.29 is 13.9 Å². The minimum atomic E-state index is -1.69. The summed E-state index contributed by atoms with van der Waals surface area (Å²) in [6.45, 7) is 10.3. The molecule has 27 heavy (non-hydrogen) atoms. The monoisotopic (exact) mass is 383 g/mol. The topological polar surface area (TPSA) is 87.2 Å². The summed E-state index contributed by atoms with van der Waals surface area (Å²) in [6, 6.07) is 6.28. The zero-order valence-corrected chi connectivity index (χ0v) is 16.9. The summed E-state index contributed by atoms with van der Waals surface area (Å²) in [7, 11) is -1.69. The van der Waals surface area contributed by atoms with Gasteiger partial charge in [0.05, 0.1) is 10.9 Å². The lowest BCUT2D eigenvalue weighted by atomic mass is 9.92. The van der Waals surface area contributed by atoms with E-state index in [2.05, 4.69) is 30.0 Å². The fourth-order valence-corrected chi connectivity index (χ4v) is 4.19. The van der Waals surface area contributed by atoms with Crippen LogP contribution in [0.1, 0.15) is 24.2 Å². The van der Waals surface area contributed by atoms with Crippen LogP contribution in [0.4, 0.5) is 0 Å². The Hall–Kier alpha value is -2.74. The minimum absolute atomic E-state index is 0.173. The van der Waals surface area contributed by atoms with E-state index in [0.29, 0.717) is 22.3 Å². The normalized spacial score (nSPS) is 19.6. The molecule has 1 atom stereocenters. The first kappa shape index (κ1) is 17.7. The third-order valence-corrected chi connectivity index (χ3v) is 6.71. The molecular weight excluding hydrogens is 362 g/mol. The number of aromatic nitrogens is 3. The number of hydrogen-bond donors (Lipinski definition) is 0. The van der Waals surface area contributed by atoms with Crippen LogP contribution < -0.4 is 15.7 Å². The van der Waals surface area contributed by atoms with Gasteiger partial charge in [0, 0.05) is 29.6 Å². The van der Waals surface area contributed by atoms with Gasteiger partial charge in [-0.15, -0.1) is 5.10 Å². The molecule has 2 aromatic heterocycles. The van der Waals surface area contributed by atoms with Gasteiger partial charge in [-0.25, -0.2) is 9.48 Å². The van der Waals surface area contributed by atoms with E-state index in [0.717, 1.165) is 5.32 Å². The van der Waals surface area contributed by atoms with Crippen molar-refractivity contribution in [3.05, 3.63) is 46.4 Å². The fraction of sp³-hybridized carbons (Fsp3) is 0.368. The van der Waals surface area contributed by atoms with Gasteiger partial charge >= 0.3 is 5.63 Å². The summed E-state index contributed by atoms with van der Waals surface area (Å²) in [4.78, 5) is 24.9. The number of Topliss-reactive ketones (excluding diaryl/α,β-unsaturated/α-hetero) is 1. The lowest BCUT2D eigenvalue weighted by Gasteiger charge is -2.30. The molecule has 1 aromatic carbocycles. The van der Waals surface area contributed by atoms with Crippen LogP contribution in [-0.4, -0.2) is 28.9 Å². The second-order valence-corrected chi connectivity index (χ2v) is 13.2. The first-order valence-electron chi connectivity index (χ1n) is 8.88. The highest BCUT2D eigenvalue weighted by atomic mass is 28.3. The van der Waals surface area contributed by atoms with Gasteiger partial charge in [0.25, 0.3) is 5.72 Å². The summed E-state index contributed by atoms with van der Waals surface area (Å²) in [5.41, 5.74) is -0.909. The third kappa shape index (κ3) is 2.55. The molecule has 0 saturated carbocycles. The van der Waals surface area contributed by atoms with Crippen LogP contribution in [0.25, 0.3) is 11.0 Å². The lowest BCUT2D eigenvalue weighted by molar-refractivity contribution is -0.0241. The number of hydrogen-bond acceptors (Lipinski definition) is 6. The van der Waals surface area contributed by atoms with E-state index in [4.69, 9.17) is 9.15 Å². The highest BCUT2D eigenvalue weighted by molar-refractivity contribution is 6.88. The number of fused-ring (bicyclic) bond motifs is 2. The SMILES string of the molecule is CC(C)C1(n2cc([Si](C)(C)C)nn2)Oc2cc3oc(=O)ccc3cc2C1=O. The number of ketones is 1. The van der Waals surface area contributed by atoms with E-state index in [-0.39, 0.29) is 11.7 Å². The average molecular weight is 383 g/mol. The van der Waals surface area contributed by atoms with Gasteiger partial charge in [-0.2, -0.15) is 0 Å². The smallest absolute Gasteiger partial charge is 0.336 e. The second kappa shape index (κ2) is 5.62. The zero-order valence-electron chi connectivity index (χ0n) is 15.9. The average Bonchev–Trinajstić information content (AvgIpc) is 3.17. The van der Waals surface area contributed by atoms with E-state index < -0.39 is 19.4 Å². The Bertz CT molecular complexity index is 1130. The van der Waals surface area contributed by atoms with Gasteiger partial charge in [-0.3, -0.25) is 4.79 Å². The predicted octanol–water partition coefficient (Wildman–Crippen LogP) is 2.51. The van der Waals surface area contributed by atoms with Crippen molar-refractivity contribution in [2.75, 3.05) is 0 Å². The maximum absolute atomic E-state index is 13.4. The Labute approximate surface area is 157 Å². The van der Waals surface area contributed by atoms with Gasteiger partial charge in [0.1, 0.15) is 19.4 Å².